The SMILES string of the molecule is CCCc1cc(C)nc(C2CCC(N)CC2)n1. The van der Waals surface area contributed by atoms with E-state index < -0.39 is 0 Å². The normalized spacial score (nSPS) is 24.9. The first-order chi connectivity index (χ1) is 8.19. The molecule has 0 aromatic carbocycles. The third-order valence-electron chi connectivity index (χ3n) is 3.57. The van der Waals surface area contributed by atoms with Gasteiger partial charge >= 0.3 is 0 Å². The zero-order valence-electron chi connectivity index (χ0n) is 10.9. The number of aryl methyl sites for hydroxylation is 2. The van der Waals surface area contributed by atoms with Crippen molar-refractivity contribution in [2.24, 2.45) is 5.73 Å². The summed E-state index contributed by atoms with van der Waals surface area (Å²) in [6.07, 6.45) is 6.73. The van der Waals surface area contributed by atoms with E-state index in [-0.39, 0.29) is 0 Å². The van der Waals surface area contributed by atoms with Gasteiger partial charge in [-0.2, -0.15) is 0 Å². The molecule has 0 aliphatic heterocycles. The minimum absolute atomic E-state index is 0.395. The van der Waals surface area contributed by atoms with Crippen LogP contribution in [0.1, 0.15) is 62.2 Å². The Hall–Kier alpha value is -0.960. The van der Waals surface area contributed by atoms with Gasteiger partial charge in [0.15, 0.2) is 0 Å². The molecule has 0 saturated heterocycles. The summed E-state index contributed by atoms with van der Waals surface area (Å²) in [6.45, 7) is 4.26. The minimum atomic E-state index is 0.395. The fourth-order valence-electron chi connectivity index (χ4n) is 2.60. The van der Waals surface area contributed by atoms with Gasteiger partial charge in [-0.1, -0.05) is 13.3 Å². The first-order valence-corrected chi connectivity index (χ1v) is 6.79. The molecule has 1 saturated carbocycles. The Kier molecular flexibility index (Phi) is 4.11. The van der Waals surface area contributed by atoms with Gasteiger partial charge in [0.25, 0.3) is 0 Å². The molecule has 94 valence electrons. The summed E-state index contributed by atoms with van der Waals surface area (Å²) in [6, 6.07) is 2.51. The summed E-state index contributed by atoms with van der Waals surface area (Å²) in [5.41, 5.74) is 8.25. The largest absolute Gasteiger partial charge is 0.328 e. The van der Waals surface area contributed by atoms with Gasteiger partial charge in [-0.3, -0.25) is 0 Å². The Labute approximate surface area is 104 Å². The number of hydrogen-bond acceptors (Lipinski definition) is 3. The summed E-state index contributed by atoms with van der Waals surface area (Å²) >= 11 is 0. The van der Waals surface area contributed by atoms with E-state index in [9.17, 15) is 0 Å². The van der Waals surface area contributed by atoms with Gasteiger partial charge in [-0.05, 0) is 45.1 Å². The summed E-state index contributed by atoms with van der Waals surface area (Å²) in [4.78, 5) is 9.33. The number of nitrogens with zero attached hydrogens (tertiary/aromatic N) is 2. The number of nitrogens with two attached hydrogens (primary N) is 1. The molecule has 0 unspecified atom stereocenters. The molecule has 2 rings (SSSR count). The molecule has 2 N–H and O–H groups in total. The maximum Gasteiger partial charge on any atom is 0.131 e. The minimum Gasteiger partial charge on any atom is -0.328 e. The summed E-state index contributed by atoms with van der Waals surface area (Å²) in [5, 5.41) is 0. The van der Waals surface area contributed by atoms with E-state index in [1.807, 2.05) is 0 Å². The predicted octanol–water partition coefficient (Wildman–Crippen LogP) is 2.72. The number of aromatic nitrogens is 2. The van der Waals surface area contributed by atoms with Crippen LogP contribution < -0.4 is 5.73 Å². The topological polar surface area (TPSA) is 51.8 Å². The standard InChI is InChI=1S/C14H23N3/c1-3-4-13-9-10(2)16-14(17-13)11-5-7-12(15)8-6-11/h9,11-12H,3-8,15H2,1-2H3. The Morgan fingerprint density at radius 1 is 1.24 bits per heavy atom. The van der Waals surface area contributed by atoms with E-state index >= 15 is 0 Å². The van der Waals surface area contributed by atoms with Gasteiger partial charge in [0.2, 0.25) is 0 Å². The van der Waals surface area contributed by atoms with E-state index in [4.69, 9.17) is 10.7 Å². The average molecular weight is 233 g/mol. The van der Waals surface area contributed by atoms with Gasteiger partial charge in [0, 0.05) is 23.3 Å². The van der Waals surface area contributed by atoms with E-state index in [0.717, 1.165) is 50.0 Å². The zero-order chi connectivity index (χ0) is 12.3. The molecule has 1 heterocycles. The predicted molar refractivity (Wildman–Crippen MR) is 69.9 cm³/mol. The smallest absolute Gasteiger partial charge is 0.131 e. The Morgan fingerprint density at radius 2 is 1.94 bits per heavy atom. The molecule has 17 heavy (non-hydrogen) atoms. The van der Waals surface area contributed by atoms with Gasteiger partial charge in [-0.25, -0.2) is 9.97 Å². The van der Waals surface area contributed by atoms with Crippen molar-refractivity contribution in [3.63, 3.8) is 0 Å². The lowest BCUT2D eigenvalue weighted by atomic mass is 9.86. The lowest BCUT2D eigenvalue weighted by Crippen LogP contribution is -2.26. The van der Waals surface area contributed by atoms with Crippen molar-refractivity contribution in [1.29, 1.82) is 0 Å². The molecule has 1 fully saturated rings. The van der Waals surface area contributed by atoms with Crippen molar-refractivity contribution in [2.45, 2.75) is 64.3 Å². The molecule has 3 heteroatoms. The maximum atomic E-state index is 5.94. The molecular weight excluding hydrogens is 210 g/mol. The second-order valence-electron chi connectivity index (χ2n) is 5.22. The highest BCUT2D eigenvalue weighted by atomic mass is 14.9. The van der Waals surface area contributed by atoms with Crippen molar-refractivity contribution >= 4 is 0 Å². The zero-order valence-corrected chi connectivity index (χ0v) is 10.9. The van der Waals surface area contributed by atoms with Crippen LogP contribution in [-0.2, 0) is 6.42 Å². The highest BCUT2D eigenvalue weighted by Gasteiger charge is 2.22. The summed E-state index contributed by atoms with van der Waals surface area (Å²) in [7, 11) is 0. The fraction of sp³-hybridized carbons (Fsp3) is 0.714. The quantitative estimate of drug-likeness (QED) is 0.873. The van der Waals surface area contributed by atoms with Gasteiger partial charge in [0.05, 0.1) is 0 Å². The second-order valence-corrected chi connectivity index (χ2v) is 5.22. The van der Waals surface area contributed by atoms with Crippen molar-refractivity contribution in [3.05, 3.63) is 23.3 Å². The molecule has 3 nitrogen and oxygen atoms in total. The van der Waals surface area contributed by atoms with Crippen LogP contribution in [0.2, 0.25) is 0 Å². The molecule has 0 spiro atoms. The van der Waals surface area contributed by atoms with Crippen LogP contribution in [0, 0.1) is 6.92 Å². The van der Waals surface area contributed by atoms with Crippen molar-refractivity contribution in [3.8, 4) is 0 Å². The molecule has 1 aliphatic carbocycles. The third-order valence-corrected chi connectivity index (χ3v) is 3.57. The van der Waals surface area contributed by atoms with Gasteiger partial charge in [-0.15, -0.1) is 0 Å². The van der Waals surface area contributed by atoms with Crippen molar-refractivity contribution < 1.29 is 0 Å². The van der Waals surface area contributed by atoms with Gasteiger partial charge in [0.1, 0.15) is 5.82 Å². The van der Waals surface area contributed by atoms with E-state index in [0.29, 0.717) is 12.0 Å². The highest BCUT2D eigenvalue weighted by molar-refractivity contribution is 5.13. The molecule has 0 bridgehead atoms. The molecule has 1 aromatic rings. The first-order valence-electron chi connectivity index (χ1n) is 6.79. The average Bonchev–Trinajstić information content (AvgIpc) is 2.29. The molecule has 0 radical (unpaired) electrons. The molecule has 1 aromatic heterocycles. The lowest BCUT2D eigenvalue weighted by Gasteiger charge is -2.25. The van der Waals surface area contributed by atoms with Crippen molar-refractivity contribution in [1.82, 2.24) is 9.97 Å². The van der Waals surface area contributed by atoms with Crippen molar-refractivity contribution in [2.75, 3.05) is 0 Å². The second kappa shape index (κ2) is 5.58. The Bertz CT molecular complexity index is 368. The summed E-state index contributed by atoms with van der Waals surface area (Å²) < 4.78 is 0. The van der Waals surface area contributed by atoms with Crippen LogP contribution in [-0.4, -0.2) is 16.0 Å². The highest BCUT2D eigenvalue weighted by Crippen LogP contribution is 2.30. The van der Waals surface area contributed by atoms with Gasteiger partial charge < -0.3 is 5.73 Å². The summed E-state index contributed by atoms with van der Waals surface area (Å²) in [5.74, 6) is 1.59. The fourth-order valence-corrected chi connectivity index (χ4v) is 2.60. The van der Waals surface area contributed by atoms with Crippen LogP contribution in [0.15, 0.2) is 6.07 Å². The first kappa shape index (κ1) is 12.5. The molecular formula is C14H23N3. The Balaban J connectivity index is 2.14. The number of hydrogen-bond donors (Lipinski definition) is 1. The lowest BCUT2D eigenvalue weighted by molar-refractivity contribution is 0.383. The van der Waals surface area contributed by atoms with E-state index in [2.05, 4.69) is 24.9 Å². The van der Waals surface area contributed by atoms with Crippen LogP contribution in [0.4, 0.5) is 0 Å². The molecule has 0 amide bonds. The van der Waals surface area contributed by atoms with E-state index in [1.165, 1.54) is 5.69 Å². The van der Waals surface area contributed by atoms with Crippen LogP contribution in [0.5, 0.6) is 0 Å². The Morgan fingerprint density at radius 3 is 2.59 bits per heavy atom. The third kappa shape index (κ3) is 3.25. The molecule has 0 atom stereocenters. The van der Waals surface area contributed by atoms with E-state index in [1.54, 1.807) is 0 Å². The monoisotopic (exact) mass is 233 g/mol. The van der Waals surface area contributed by atoms with Crippen LogP contribution in [0.25, 0.3) is 0 Å². The van der Waals surface area contributed by atoms with Crippen LogP contribution >= 0.6 is 0 Å². The van der Waals surface area contributed by atoms with Crippen LogP contribution in [0.3, 0.4) is 0 Å². The maximum absolute atomic E-state index is 5.94. The number of rotatable bonds is 3. The molecule has 1 aliphatic rings.